The van der Waals surface area contributed by atoms with Crippen LogP contribution >= 0.6 is 0 Å². The fourth-order valence-corrected chi connectivity index (χ4v) is 6.53. The number of fused-ring (bicyclic) bond motifs is 6. The van der Waals surface area contributed by atoms with Gasteiger partial charge in [-0.2, -0.15) is 0 Å². The van der Waals surface area contributed by atoms with Gasteiger partial charge in [0.1, 0.15) is 13.2 Å². The van der Waals surface area contributed by atoms with Gasteiger partial charge in [-0.05, 0) is 59.7 Å². The van der Waals surface area contributed by atoms with Gasteiger partial charge in [-0.25, -0.2) is 0 Å². The van der Waals surface area contributed by atoms with Crippen molar-refractivity contribution in [3.8, 4) is 28.7 Å². The first-order valence-corrected chi connectivity index (χ1v) is 13.6. The van der Waals surface area contributed by atoms with E-state index in [0.29, 0.717) is 50.1 Å². The molecule has 7 rings (SSSR count). The zero-order valence-electron chi connectivity index (χ0n) is 22.2. The number of ketones is 1. The van der Waals surface area contributed by atoms with Crippen LogP contribution in [-0.4, -0.2) is 50.8 Å². The Kier molecular flexibility index (Phi) is 5.39. The van der Waals surface area contributed by atoms with E-state index in [4.69, 9.17) is 23.7 Å². The first kappa shape index (κ1) is 23.5. The number of carbonyl (C=O) groups excluding carboxylic acids is 1. The van der Waals surface area contributed by atoms with E-state index < -0.39 is 0 Å². The molecule has 0 unspecified atom stereocenters. The van der Waals surface area contributed by atoms with Crippen molar-refractivity contribution in [2.75, 3.05) is 40.1 Å². The number of allylic oxidation sites excluding steroid dienone is 3. The van der Waals surface area contributed by atoms with Crippen LogP contribution < -0.4 is 23.7 Å². The van der Waals surface area contributed by atoms with Gasteiger partial charge in [-0.3, -0.25) is 4.79 Å². The van der Waals surface area contributed by atoms with Crippen molar-refractivity contribution < 1.29 is 28.5 Å². The molecule has 7 heteroatoms. The first-order chi connectivity index (χ1) is 18.4. The molecule has 1 aliphatic carbocycles. The molecular formula is C31H33NO6. The average molecular weight is 516 g/mol. The van der Waals surface area contributed by atoms with Gasteiger partial charge in [0, 0.05) is 47.8 Å². The maximum atomic E-state index is 13.8. The van der Waals surface area contributed by atoms with Crippen molar-refractivity contribution in [3.63, 3.8) is 0 Å². The lowest BCUT2D eigenvalue weighted by Crippen LogP contribution is -2.40. The van der Waals surface area contributed by atoms with Gasteiger partial charge in [-0.1, -0.05) is 13.8 Å². The molecule has 0 fully saturated rings. The molecule has 0 N–H and O–H groups in total. The summed E-state index contributed by atoms with van der Waals surface area (Å²) in [6, 6.07) is 8.30. The maximum absolute atomic E-state index is 13.8. The number of rotatable bonds is 2. The summed E-state index contributed by atoms with van der Waals surface area (Å²) in [5, 5.41) is 0. The number of hydrogen-bond donors (Lipinski definition) is 0. The Morgan fingerprint density at radius 2 is 1.68 bits per heavy atom. The molecule has 4 aliphatic heterocycles. The van der Waals surface area contributed by atoms with E-state index in [1.807, 2.05) is 12.1 Å². The summed E-state index contributed by atoms with van der Waals surface area (Å²) in [7, 11) is 1.64. The van der Waals surface area contributed by atoms with Gasteiger partial charge in [-0.15, -0.1) is 0 Å². The van der Waals surface area contributed by atoms with Crippen LogP contribution in [0.2, 0.25) is 0 Å². The molecule has 2 aromatic rings. The Morgan fingerprint density at radius 1 is 0.921 bits per heavy atom. The van der Waals surface area contributed by atoms with Crippen LogP contribution in [0.4, 0.5) is 0 Å². The molecule has 0 aromatic heterocycles. The predicted molar refractivity (Wildman–Crippen MR) is 142 cm³/mol. The van der Waals surface area contributed by atoms with E-state index in [-0.39, 0.29) is 17.1 Å². The summed E-state index contributed by atoms with van der Waals surface area (Å²) in [5.41, 5.74) is 6.44. The number of Topliss-reactive ketones (excluding diaryl/α,β-unsaturated/α-hetero) is 1. The van der Waals surface area contributed by atoms with Crippen molar-refractivity contribution in [2.45, 2.75) is 45.4 Å². The van der Waals surface area contributed by atoms with Crippen LogP contribution in [-0.2, 0) is 11.2 Å². The summed E-state index contributed by atoms with van der Waals surface area (Å²) in [4.78, 5) is 16.2. The predicted octanol–water partition coefficient (Wildman–Crippen LogP) is 5.27. The minimum absolute atomic E-state index is 0.0988. The van der Waals surface area contributed by atoms with Crippen molar-refractivity contribution in [1.29, 1.82) is 0 Å². The Bertz CT molecular complexity index is 1390. The zero-order chi connectivity index (χ0) is 26.0. The van der Waals surface area contributed by atoms with Crippen molar-refractivity contribution in [3.05, 3.63) is 58.3 Å². The van der Waals surface area contributed by atoms with E-state index in [9.17, 15) is 4.79 Å². The Morgan fingerprint density at radius 3 is 2.50 bits per heavy atom. The largest absolute Gasteiger partial charge is 0.493 e. The van der Waals surface area contributed by atoms with Crippen LogP contribution in [0.1, 0.15) is 55.7 Å². The number of ether oxygens (including phenoxy) is 5. The van der Waals surface area contributed by atoms with Crippen LogP contribution in [0.25, 0.3) is 5.70 Å². The smallest absolute Gasteiger partial charge is 0.203 e. The number of methoxy groups -OCH3 is 1. The summed E-state index contributed by atoms with van der Waals surface area (Å²) in [6.45, 7) is 7.50. The molecule has 0 amide bonds. The molecule has 0 spiro atoms. The molecule has 0 saturated carbocycles. The monoisotopic (exact) mass is 515 g/mol. The van der Waals surface area contributed by atoms with E-state index in [1.54, 1.807) is 7.11 Å². The molecule has 2 aromatic carbocycles. The molecule has 7 nitrogen and oxygen atoms in total. The lowest BCUT2D eigenvalue weighted by Gasteiger charge is -2.46. The Hall–Kier alpha value is -3.61. The highest BCUT2D eigenvalue weighted by atomic mass is 16.6. The topological polar surface area (TPSA) is 66.5 Å². The molecule has 38 heavy (non-hydrogen) atoms. The summed E-state index contributed by atoms with van der Waals surface area (Å²) in [5.74, 6) is 3.54. The van der Waals surface area contributed by atoms with Crippen LogP contribution in [0.15, 0.2) is 41.6 Å². The second kappa shape index (κ2) is 8.72. The fourth-order valence-electron chi connectivity index (χ4n) is 6.53. The summed E-state index contributed by atoms with van der Waals surface area (Å²) in [6.07, 6.45) is 5.40. The third-order valence-electron chi connectivity index (χ3n) is 8.21. The highest BCUT2D eigenvalue weighted by Crippen LogP contribution is 2.53. The van der Waals surface area contributed by atoms with Crippen molar-refractivity contribution in [1.82, 2.24) is 4.90 Å². The first-order valence-electron chi connectivity index (χ1n) is 13.6. The lowest BCUT2D eigenvalue weighted by molar-refractivity contribution is -0.118. The minimum atomic E-state index is -0.216. The highest BCUT2D eigenvalue weighted by molar-refractivity contribution is 6.01. The van der Waals surface area contributed by atoms with Crippen molar-refractivity contribution >= 4 is 11.5 Å². The third-order valence-corrected chi connectivity index (χ3v) is 8.21. The standard InChI is InChI=1S/C31H33NO6/c1-31(2)16-23-29(24(33)17-31)21(19-12-27(34-3)30-28(13-19)37-9-10-38-30)14-22-20-15-26-25(35-7-4-8-36-26)11-18(20)5-6-32(22)23/h11-15,21H,4-10,16-17H2,1-3H3/t21-/m1/s1. The third kappa shape index (κ3) is 3.74. The van der Waals surface area contributed by atoms with Gasteiger partial charge in [0.15, 0.2) is 28.8 Å². The fraction of sp³-hybridized carbons (Fsp3) is 0.452. The van der Waals surface area contributed by atoms with E-state index in [2.05, 4.69) is 37.0 Å². The quantitative estimate of drug-likeness (QED) is 0.540. The van der Waals surface area contributed by atoms with Crippen LogP contribution in [0.5, 0.6) is 28.7 Å². The van der Waals surface area contributed by atoms with E-state index >= 15 is 0 Å². The minimum Gasteiger partial charge on any atom is -0.493 e. The molecular weight excluding hydrogens is 482 g/mol. The van der Waals surface area contributed by atoms with E-state index in [0.717, 1.165) is 65.4 Å². The molecule has 198 valence electrons. The summed E-state index contributed by atoms with van der Waals surface area (Å²) < 4.78 is 29.6. The van der Waals surface area contributed by atoms with Gasteiger partial charge in [0.25, 0.3) is 0 Å². The molecule has 0 saturated heterocycles. The number of benzene rings is 2. The van der Waals surface area contributed by atoms with Gasteiger partial charge in [0.2, 0.25) is 5.75 Å². The molecule has 4 heterocycles. The zero-order valence-corrected chi connectivity index (χ0v) is 22.2. The summed E-state index contributed by atoms with van der Waals surface area (Å²) >= 11 is 0. The number of nitrogens with zero attached hydrogens (tertiary/aromatic N) is 1. The van der Waals surface area contributed by atoms with Crippen LogP contribution in [0.3, 0.4) is 0 Å². The lowest BCUT2D eigenvalue weighted by atomic mass is 9.69. The van der Waals surface area contributed by atoms with Crippen molar-refractivity contribution in [2.24, 2.45) is 5.41 Å². The second-order valence-electron chi connectivity index (χ2n) is 11.5. The van der Waals surface area contributed by atoms with Gasteiger partial charge < -0.3 is 28.6 Å². The normalized spacial score (nSPS) is 23.0. The Balaban J connectivity index is 1.41. The maximum Gasteiger partial charge on any atom is 0.203 e. The van der Waals surface area contributed by atoms with Gasteiger partial charge in [0.05, 0.1) is 20.3 Å². The van der Waals surface area contributed by atoms with E-state index in [1.165, 1.54) is 5.56 Å². The average Bonchev–Trinajstić information content (AvgIpc) is 3.14. The molecule has 0 bridgehead atoms. The molecule has 5 aliphatic rings. The second-order valence-corrected chi connectivity index (χ2v) is 11.5. The highest BCUT2D eigenvalue weighted by Gasteiger charge is 2.43. The van der Waals surface area contributed by atoms with Gasteiger partial charge >= 0.3 is 0 Å². The molecule has 1 atom stereocenters. The SMILES string of the molecule is COc1cc([C@H]2C=C3c4cc5c(cc4CCN3C3=C2C(=O)CC(C)(C)C3)OCCCO5)cc2c1OCCO2. The Labute approximate surface area is 223 Å². The number of hydrogen-bond acceptors (Lipinski definition) is 7. The molecule has 0 radical (unpaired) electrons. The van der Waals surface area contributed by atoms with Crippen LogP contribution in [0, 0.1) is 5.41 Å². The number of carbonyl (C=O) groups is 1.